The zero-order valence-corrected chi connectivity index (χ0v) is 12.9. The summed E-state index contributed by atoms with van der Waals surface area (Å²) in [5, 5.41) is 10.7. The third-order valence-corrected chi connectivity index (χ3v) is 6.03. The van der Waals surface area contributed by atoms with Crippen LogP contribution in [0.25, 0.3) is 0 Å². The van der Waals surface area contributed by atoms with Crippen LogP contribution in [0, 0.1) is 0 Å². The van der Waals surface area contributed by atoms with Gasteiger partial charge < -0.3 is 10.4 Å². The molecule has 22 heavy (non-hydrogen) atoms. The number of sulfone groups is 1. The number of benzene rings is 1. The fourth-order valence-electron chi connectivity index (χ4n) is 2.60. The number of nitrogens with one attached hydrogen (secondary N) is 1. The van der Waals surface area contributed by atoms with Gasteiger partial charge in [-0.1, -0.05) is 36.8 Å². The molecule has 6 nitrogen and oxygen atoms in total. The summed E-state index contributed by atoms with van der Waals surface area (Å²) in [5.74, 6) is -2.53. The zero-order chi connectivity index (χ0) is 16.2. The number of rotatable bonds is 5. The van der Waals surface area contributed by atoms with Crippen molar-refractivity contribution in [3.05, 3.63) is 35.9 Å². The van der Waals surface area contributed by atoms with Gasteiger partial charge in [0.05, 0.1) is 11.7 Å². The van der Waals surface area contributed by atoms with Gasteiger partial charge in [-0.3, -0.25) is 9.59 Å². The maximum Gasteiger partial charge on any atom is 0.312 e. The Kier molecular flexibility index (Phi) is 5.18. The lowest BCUT2D eigenvalue weighted by molar-refractivity contribution is -0.138. The molecule has 2 N–H and O–H groups in total. The van der Waals surface area contributed by atoms with Crippen LogP contribution in [-0.2, 0) is 19.4 Å². The number of amides is 1. The van der Waals surface area contributed by atoms with Crippen molar-refractivity contribution in [1.82, 2.24) is 5.32 Å². The van der Waals surface area contributed by atoms with Crippen LogP contribution in [0.1, 0.15) is 30.7 Å². The molecule has 1 amide bonds. The van der Waals surface area contributed by atoms with Gasteiger partial charge in [0.2, 0.25) is 5.91 Å². The summed E-state index contributed by atoms with van der Waals surface area (Å²) < 4.78 is 23.8. The Labute approximate surface area is 129 Å². The highest BCUT2D eigenvalue weighted by molar-refractivity contribution is 7.92. The molecule has 1 aromatic rings. The molecular weight excluding hydrogens is 306 g/mol. The first kappa shape index (κ1) is 16.5. The van der Waals surface area contributed by atoms with Crippen molar-refractivity contribution in [1.29, 1.82) is 0 Å². The van der Waals surface area contributed by atoms with E-state index in [1.807, 2.05) is 0 Å². The van der Waals surface area contributed by atoms with Crippen LogP contribution in [0.5, 0.6) is 0 Å². The second kappa shape index (κ2) is 6.91. The fraction of sp³-hybridized carbons (Fsp3) is 0.467. The summed E-state index contributed by atoms with van der Waals surface area (Å²) in [4.78, 5) is 23.4. The molecule has 0 bridgehead atoms. The van der Waals surface area contributed by atoms with E-state index in [4.69, 9.17) is 0 Å². The van der Waals surface area contributed by atoms with Gasteiger partial charge in [-0.2, -0.15) is 0 Å². The predicted octanol–water partition coefficient (Wildman–Crippen LogP) is 0.938. The minimum absolute atomic E-state index is 0.0200. The zero-order valence-electron chi connectivity index (χ0n) is 12.1. The highest BCUT2D eigenvalue weighted by Gasteiger charge is 2.35. The molecule has 1 saturated heterocycles. The molecule has 0 aromatic heterocycles. The normalized spacial score (nSPS) is 21.7. The number of hydrogen-bond acceptors (Lipinski definition) is 4. The van der Waals surface area contributed by atoms with Crippen LogP contribution in [0.2, 0.25) is 0 Å². The summed E-state index contributed by atoms with van der Waals surface area (Å²) in [5.41, 5.74) is 0.571. The van der Waals surface area contributed by atoms with Gasteiger partial charge in [-0.15, -0.1) is 0 Å². The average molecular weight is 325 g/mol. The topological polar surface area (TPSA) is 101 Å². The van der Waals surface area contributed by atoms with E-state index in [1.165, 1.54) is 0 Å². The van der Waals surface area contributed by atoms with Crippen molar-refractivity contribution in [2.24, 2.45) is 0 Å². The van der Waals surface area contributed by atoms with Crippen molar-refractivity contribution >= 4 is 21.7 Å². The first-order chi connectivity index (χ1) is 10.4. The number of carbonyl (C=O) groups excluding carboxylic acids is 1. The minimum Gasteiger partial charge on any atom is -0.481 e. The van der Waals surface area contributed by atoms with E-state index in [0.29, 0.717) is 24.8 Å². The van der Waals surface area contributed by atoms with Crippen LogP contribution < -0.4 is 5.32 Å². The maximum atomic E-state index is 12.1. The van der Waals surface area contributed by atoms with E-state index in [2.05, 4.69) is 5.32 Å². The summed E-state index contributed by atoms with van der Waals surface area (Å²) >= 11 is 0. The van der Waals surface area contributed by atoms with Gasteiger partial charge in [0.15, 0.2) is 9.84 Å². The predicted molar refractivity (Wildman–Crippen MR) is 81.3 cm³/mol. The maximum absolute atomic E-state index is 12.1. The molecule has 1 aromatic carbocycles. The quantitative estimate of drug-likeness (QED) is 0.839. The van der Waals surface area contributed by atoms with Gasteiger partial charge in [0.1, 0.15) is 5.25 Å². The second-order valence-corrected chi connectivity index (χ2v) is 7.70. The Morgan fingerprint density at radius 1 is 1.23 bits per heavy atom. The largest absolute Gasteiger partial charge is 0.481 e. The van der Waals surface area contributed by atoms with E-state index >= 15 is 0 Å². The monoisotopic (exact) mass is 325 g/mol. The summed E-state index contributed by atoms with van der Waals surface area (Å²) in [6.07, 6.45) is 1.57. The summed E-state index contributed by atoms with van der Waals surface area (Å²) in [6.45, 7) is -0.121. The number of hydrogen-bond donors (Lipinski definition) is 2. The van der Waals surface area contributed by atoms with Gasteiger partial charge in [-0.05, 0) is 18.4 Å². The van der Waals surface area contributed by atoms with E-state index < -0.39 is 32.9 Å². The van der Waals surface area contributed by atoms with E-state index in [9.17, 15) is 23.1 Å². The number of carboxylic acids is 1. The first-order valence-corrected chi connectivity index (χ1v) is 8.90. The Balaban J connectivity index is 2.04. The lowest BCUT2D eigenvalue weighted by atomic mass is 9.99. The Hall–Kier alpha value is -1.89. The van der Waals surface area contributed by atoms with Crippen LogP contribution in [0.15, 0.2) is 30.3 Å². The van der Waals surface area contributed by atoms with E-state index in [1.54, 1.807) is 30.3 Å². The van der Waals surface area contributed by atoms with Crippen LogP contribution in [0.3, 0.4) is 0 Å². The molecule has 1 aliphatic rings. The van der Waals surface area contributed by atoms with Crippen molar-refractivity contribution in [2.45, 2.75) is 30.4 Å². The summed E-state index contributed by atoms with van der Waals surface area (Å²) in [6, 6.07) is 8.55. The molecule has 120 valence electrons. The lowest BCUT2D eigenvalue weighted by Crippen LogP contribution is -2.44. The Morgan fingerprint density at radius 3 is 2.50 bits per heavy atom. The van der Waals surface area contributed by atoms with Crippen molar-refractivity contribution in [2.75, 3.05) is 12.3 Å². The summed E-state index contributed by atoms with van der Waals surface area (Å²) in [7, 11) is -3.42. The molecule has 2 rings (SSSR count). The molecule has 0 spiro atoms. The van der Waals surface area contributed by atoms with E-state index in [-0.39, 0.29) is 12.3 Å². The van der Waals surface area contributed by atoms with Crippen molar-refractivity contribution < 1.29 is 23.1 Å². The van der Waals surface area contributed by atoms with Crippen molar-refractivity contribution in [3.63, 3.8) is 0 Å². The lowest BCUT2D eigenvalue weighted by Gasteiger charge is -2.22. The van der Waals surface area contributed by atoms with Gasteiger partial charge in [0, 0.05) is 6.54 Å². The molecule has 1 aliphatic heterocycles. The first-order valence-electron chi connectivity index (χ1n) is 7.19. The standard InChI is InChI=1S/C15H19NO5S/c17-14(13-8-4-5-9-22(13,20)21)16-10-12(15(18)19)11-6-2-1-3-7-11/h1-3,6-7,12-13H,4-5,8-10H2,(H,16,17)(H,18,19). The third kappa shape index (κ3) is 3.85. The molecule has 0 aliphatic carbocycles. The van der Waals surface area contributed by atoms with Crippen LogP contribution >= 0.6 is 0 Å². The molecule has 2 unspecified atom stereocenters. The molecule has 0 saturated carbocycles. The van der Waals surface area contributed by atoms with Crippen LogP contribution in [-0.4, -0.2) is 42.9 Å². The molecule has 0 radical (unpaired) electrons. The minimum atomic E-state index is -3.42. The van der Waals surface area contributed by atoms with Crippen molar-refractivity contribution in [3.8, 4) is 0 Å². The third-order valence-electron chi connectivity index (χ3n) is 3.85. The molecular formula is C15H19NO5S. The highest BCUT2D eigenvalue weighted by atomic mass is 32.2. The van der Waals surface area contributed by atoms with Gasteiger partial charge in [-0.25, -0.2) is 8.42 Å². The average Bonchev–Trinajstić information content (AvgIpc) is 2.47. The second-order valence-electron chi connectivity index (χ2n) is 5.40. The van der Waals surface area contributed by atoms with E-state index in [0.717, 1.165) is 0 Å². The Bertz CT molecular complexity index is 641. The smallest absolute Gasteiger partial charge is 0.312 e. The molecule has 1 heterocycles. The highest BCUT2D eigenvalue weighted by Crippen LogP contribution is 2.20. The number of aliphatic carboxylic acids is 1. The van der Waals surface area contributed by atoms with Gasteiger partial charge in [0.25, 0.3) is 0 Å². The van der Waals surface area contributed by atoms with Gasteiger partial charge >= 0.3 is 5.97 Å². The molecule has 7 heteroatoms. The van der Waals surface area contributed by atoms with Crippen LogP contribution in [0.4, 0.5) is 0 Å². The fourth-order valence-corrected chi connectivity index (χ4v) is 4.42. The Morgan fingerprint density at radius 2 is 1.91 bits per heavy atom. The molecule has 1 fully saturated rings. The number of carboxylic acid groups (broad SMARTS) is 1. The molecule has 2 atom stereocenters. The SMILES string of the molecule is O=C(O)C(CNC(=O)C1CCCCS1(=O)=O)c1ccccc1. The number of carbonyl (C=O) groups is 2.